The van der Waals surface area contributed by atoms with Crippen LogP contribution in [0.3, 0.4) is 0 Å². The highest BCUT2D eigenvalue weighted by molar-refractivity contribution is 5.79. The lowest BCUT2D eigenvalue weighted by atomic mass is 10.0. The first-order chi connectivity index (χ1) is 11.1. The number of likely N-dealkylation sites (tertiary alicyclic amines) is 1. The van der Waals surface area contributed by atoms with Crippen LogP contribution in [0.5, 0.6) is 5.75 Å². The summed E-state index contributed by atoms with van der Waals surface area (Å²) in [5.41, 5.74) is 1.45. The Bertz CT molecular complexity index is 695. The predicted molar refractivity (Wildman–Crippen MR) is 81.9 cm³/mol. The van der Waals surface area contributed by atoms with E-state index in [1.165, 1.54) is 12.1 Å². The molecule has 0 bridgehead atoms. The van der Waals surface area contributed by atoms with E-state index in [1.807, 2.05) is 24.3 Å². The molecule has 120 valence electrons. The van der Waals surface area contributed by atoms with E-state index in [4.69, 9.17) is 4.74 Å². The molecule has 5 heteroatoms. The van der Waals surface area contributed by atoms with Gasteiger partial charge < -0.3 is 9.64 Å². The fraction of sp³-hybridized carbons (Fsp3) is 0.278. The second kappa shape index (κ2) is 6.36. The highest BCUT2D eigenvalue weighted by atomic mass is 19.1. The van der Waals surface area contributed by atoms with E-state index < -0.39 is 11.6 Å². The SMILES string of the molecule is COc1ccc([C@@H]2CCC(=O)N2Cc2cc(F)cc(F)c2)cc1. The highest BCUT2D eigenvalue weighted by Gasteiger charge is 2.32. The van der Waals surface area contributed by atoms with Crippen LogP contribution in [-0.4, -0.2) is 17.9 Å². The molecule has 0 aliphatic carbocycles. The molecule has 2 aromatic carbocycles. The van der Waals surface area contributed by atoms with Crippen LogP contribution < -0.4 is 4.74 Å². The molecule has 3 nitrogen and oxygen atoms in total. The first-order valence-corrected chi connectivity index (χ1v) is 7.45. The summed E-state index contributed by atoms with van der Waals surface area (Å²) in [6.45, 7) is 0.199. The average molecular weight is 317 g/mol. The van der Waals surface area contributed by atoms with Crippen LogP contribution in [0.15, 0.2) is 42.5 Å². The summed E-state index contributed by atoms with van der Waals surface area (Å²) in [5, 5.41) is 0. The van der Waals surface area contributed by atoms with Crippen molar-refractivity contribution < 1.29 is 18.3 Å². The number of rotatable bonds is 4. The van der Waals surface area contributed by atoms with Crippen LogP contribution in [0.1, 0.15) is 30.0 Å². The molecule has 0 spiro atoms. The molecule has 2 aromatic rings. The molecular weight excluding hydrogens is 300 g/mol. The van der Waals surface area contributed by atoms with Crippen molar-refractivity contribution in [1.29, 1.82) is 0 Å². The normalized spacial score (nSPS) is 17.6. The van der Waals surface area contributed by atoms with Crippen LogP contribution in [0.2, 0.25) is 0 Å². The smallest absolute Gasteiger partial charge is 0.223 e. The summed E-state index contributed by atoms with van der Waals surface area (Å²) >= 11 is 0. The van der Waals surface area contributed by atoms with Crippen LogP contribution in [-0.2, 0) is 11.3 Å². The standard InChI is InChI=1S/C18H17F2NO2/c1-23-16-4-2-13(3-5-16)17-6-7-18(22)21(17)11-12-8-14(19)10-15(20)9-12/h2-5,8-10,17H,6-7,11H2,1H3/t17-/m0/s1. The van der Waals surface area contributed by atoms with Crippen LogP contribution >= 0.6 is 0 Å². The maximum atomic E-state index is 13.3. The molecule has 1 aliphatic heterocycles. The number of halogens is 2. The molecule has 0 saturated carbocycles. The van der Waals surface area contributed by atoms with Crippen LogP contribution in [0.25, 0.3) is 0 Å². The lowest BCUT2D eigenvalue weighted by Gasteiger charge is -2.25. The average Bonchev–Trinajstić information content (AvgIpc) is 2.87. The maximum Gasteiger partial charge on any atom is 0.223 e. The van der Waals surface area contributed by atoms with Gasteiger partial charge in [0, 0.05) is 19.0 Å². The molecule has 23 heavy (non-hydrogen) atoms. The number of ether oxygens (including phenoxy) is 1. The topological polar surface area (TPSA) is 29.5 Å². The van der Waals surface area contributed by atoms with E-state index in [0.29, 0.717) is 18.4 Å². The zero-order valence-corrected chi connectivity index (χ0v) is 12.8. The van der Waals surface area contributed by atoms with Gasteiger partial charge in [-0.3, -0.25) is 4.79 Å². The summed E-state index contributed by atoms with van der Waals surface area (Å²) in [4.78, 5) is 13.8. The van der Waals surface area contributed by atoms with Gasteiger partial charge in [-0.05, 0) is 41.8 Å². The number of carbonyl (C=O) groups is 1. The molecule has 1 atom stereocenters. The number of carbonyl (C=O) groups excluding carboxylic acids is 1. The Morgan fingerprint density at radius 3 is 2.39 bits per heavy atom. The van der Waals surface area contributed by atoms with Gasteiger partial charge in [-0.2, -0.15) is 0 Å². The minimum absolute atomic E-state index is 0.00418. The van der Waals surface area contributed by atoms with Crippen molar-refractivity contribution in [3.63, 3.8) is 0 Å². The first kappa shape index (κ1) is 15.5. The Balaban J connectivity index is 1.84. The van der Waals surface area contributed by atoms with E-state index >= 15 is 0 Å². The van der Waals surface area contributed by atoms with Gasteiger partial charge in [-0.1, -0.05) is 12.1 Å². The van der Waals surface area contributed by atoms with Crippen LogP contribution in [0, 0.1) is 11.6 Å². The minimum atomic E-state index is -0.632. The first-order valence-electron chi connectivity index (χ1n) is 7.45. The summed E-state index contributed by atoms with van der Waals surface area (Å²) in [7, 11) is 1.60. The third-order valence-electron chi connectivity index (χ3n) is 4.10. The Hall–Kier alpha value is -2.43. The van der Waals surface area contributed by atoms with E-state index in [0.717, 1.165) is 17.4 Å². The van der Waals surface area contributed by atoms with Gasteiger partial charge in [0.05, 0.1) is 13.2 Å². The minimum Gasteiger partial charge on any atom is -0.497 e. The monoisotopic (exact) mass is 317 g/mol. The number of nitrogens with zero attached hydrogens (tertiary/aromatic N) is 1. The van der Waals surface area contributed by atoms with Gasteiger partial charge in [0.1, 0.15) is 17.4 Å². The number of hydrogen-bond acceptors (Lipinski definition) is 2. The predicted octanol–water partition coefficient (Wildman–Crippen LogP) is 3.84. The zero-order chi connectivity index (χ0) is 16.4. The number of benzene rings is 2. The third kappa shape index (κ3) is 3.33. The summed E-state index contributed by atoms with van der Waals surface area (Å²) < 4.78 is 31.8. The molecule has 1 aliphatic rings. The number of amides is 1. The van der Waals surface area contributed by atoms with Gasteiger partial charge in [0.25, 0.3) is 0 Å². The number of methoxy groups -OCH3 is 1. The summed E-state index contributed by atoms with van der Waals surface area (Å²) in [5.74, 6) is -0.521. The van der Waals surface area contributed by atoms with Gasteiger partial charge in [-0.25, -0.2) is 8.78 Å². The second-order valence-electron chi connectivity index (χ2n) is 5.63. The van der Waals surface area contributed by atoms with E-state index in [9.17, 15) is 13.6 Å². The Morgan fingerprint density at radius 1 is 1.13 bits per heavy atom. The van der Waals surface area contributed by atoms with Crippen molar-refractivity contribution >= 4 is 5.91 Å². The van der Waals surface area contributed by atoms with E-state index in [-0.39, 0.29) is 18.5 Å². The maximum absolute atomic E-state index is 13.3. The second-order valence-corrected chi connectivity index (χ2v) is 5.63. The molecule has 0 N–H and O–H groups in total. The van der Waals surface area contributed by atoms with Crippen molar-refractivity contribution in [3.05, 3.63) is 65.2 Å². The Morgan fingerprint density at radius 2 is 1.78 bits per heavy atom. The van der Waals surface area contributed by atoms with Crippen molar-refractivity contribution in [2.24, 2.45) is 0 Å². The van der Waals surface area contributed by atoms with Crippen molar-refractivity contribution in [1.82, 2.24) is 4.90 Å². The third-order valence-corrected chi connectivity index (χ3v) is 4.10. The Kier molecular flexibility index (Phi) is 4.28. The van der Waals surface area contributed by atoms with Gasteiger partial charge in [0.15, 0.2) is 0 Å². The van der Waals surface area contributed by atoms with Crippen molar-refractivity contribution in [2.45, 2.75) is 25.4 Å². The van der Waals surface area contributed by atoms with Gasteiger partial charge >= 0.3 is 0 Å². The molecule has 0 aromatic heterocycles. The van der Waals surface area contributed by atoms with E-state index in [1.54, 1.807) is 12.0 Å². The highest BCUT2D eigenvalue weighted by Crippen LogP contribution is 2.34. The zero-order valence-electron chi connectivity index (χ0n) is 12.8. The fourth-order valence-corrected chi connectivity index (χ4v) is 3.00. The molecular formula is C18H17F2NO2. The Labute approximate surface area is 133 Å². The lowest BCUT2D eigenvalue weighted by Crippen LogP contribution is -2.27. The quantitative estimate of drug-likeness (QED) is 0.857. The van der Waals surface area contributed by atoms with Gasteiger partial charge in [0.2, 0.25) is 5.91 Å². The molecule has 1 amide bonds. The van der Waals surface area contributed by atoms with Crippen molar-refractivity contribution in [2.75, 3.05) is 7.11 Å². The molecule has 0 unspecified atom stereocenters. The largest absolute Gasteiger partial charge is 0.497 e. The van der Waals surface area contributed by atoms with Crippen LogP contribution in [0.4, 0.5) is 8.78 Å². The molecule has 1 heterocycles. The molecule has 3 rings (SSSR count). The van der Waals surface area contributed by atoms with Gasteiger partial charge in [-0.15, -0.1) is 0 Å². The molecule has 1 saturated heterocycles. The number of hydrogen-bond donors (Lipinski definition) is 0. The molecule has 1 fully saturated rings. The lowest BCUT2D eigenvalue weighted by molar-refractivity contribution is -0.129. The van der Waals surface area contributed by atoms with Crippen molar-refractivity contribution in [3.8, 4) is 5.75 Å². The molecule has 0 radical (unpaired) electrons. The fourth-order valence-electron chi connectivity index (χ4n) is 3.00. The van der Waals surface area contributed by atoms with E-state index in [2.05, 4.69) is 0 Å². The summed E-state index contributed by atoms with van der Waals surface area (Å²) in [6.07, 6.45) is 1.14. The summed E-state index contributed by atoms with van der Waals surface area (Å²) in [6, 6.07) is 10.8.